The van der Waals surface area contributed by atoms with E-state index >= 15 is 0 Å². The maximum atomic E-state index is 5.24. The lowest BCUT2D eigenvalue weighted by Crippen LogP contribution is -2.30. The highest BCUT2D eigenvalue weighted by molar-refractivity contribution is 7.19. The second-order valence-electron chi connectivity index (χ2n) is 13.0. The summed E-state index contributed by atoms with van der Waals surface area (Å²) in [6.45, 7) is 11.6. The maximum absolute atomic E-state index is 5.24. The van der Waals surface area contributed by atoms with Gasteiger partial charge in [-0.05, 0) is 78.6 Å². The van der Waals surface area contributed by atoms with E-state index in [2.05, 4.69) is 130 Å². The van der Waals surface area contributed by atoms with Gasteiger partial charge in [-0.2, -0.15) is 4.57 Å². The minimum atomic E-state index is 0.352. The van der Waals surface area contributed by atoms with E-state index in [0.29, 0.717) is 17.8 Å². The molecular weight excluding hydrogens is 543 g/mol. The summed E-state index contributed by atoms with van der Waals surface area (Å²) in [6, 6.07) is 29.2. The SMILES string of the molecule is Cc1ccc2nc(C3CCCC3)sc2c1-c1n(-c2c(C(C)C)cc(-c3ccccc3)cc2C(C)C)c2ccccc2[n+]1C. The zero-order valence-electron chi connectivity index (χ0n) is 26.3. The van der Waals surface area contributed by atoms with Crippen molar-refractivity contribution in [1.82, 2.24) is 9.55 Å². The second-order valence-corrected chi connectivity index (χ2v) is 14.1. The second kappa shape index (κ2) is 11.1. The number of hydrogen-bond acceptors (Lipinski definition) is 2. The topological polar surface area (TPSA) is 21.7 Å². The molecule has 4 heteroatoms. The molecule has 4 aromatic carbocycles. The van der Waals surface area contributed by atoms with Crippen molar-refractivity contribution in [2.75, 3.05) is 0 Å². The van der Waals surface area contributed by atoms with Gasteiger partial charge < -0.3 is 0 Å². The Morgan fingerprint density at radius 2 is 1.47 bits per heavy atom. The van der Waals surface area contributed by atoms with Crippen molar-refractivity contribution in [2.45, 2.75) is 78.1 Å². The number of aromatic nitrogens is 3. The number of hydrogen-bond donors (Lipinski definition) is 0. The molecule has 0 aliphatic heterocycles. The highest BCUT2D eigenvalue weighted by Gasteiger charge is 2.34. The van der Waals surface area contributed by atoms with Gasteiger partial charge in [0.25, 0.3) is 5.82 Å². The molecule has 1 aliphatic rings. The van der Waals surface area contributed by atoms with Crippen LogP contribution in [0.2, 0.25) is 0 Å². The largest absolute Gasteiger partial charge is 0.296 e. The Balaban J connectivity index is 1.59. The van der Waals surface area contributed by atoms with E-state index < -0.39 is 0 Å². The van der Waals surface area contributed by atoms with Crippen LogP contribution < -0.4 is 4.57 Å². The molecule has 43 heavy (non-hydrogen) atoms. The molecule has 3 nitrogen and oxygen atoms in total. The molecule has 1 aliphatic carbocycles. The van der Waals surface area contributed by atoms with Crippen molar-refractivity contribution in [3.05, 3.63) is 101 Å². The first-order chi connectivity index (χ1) is 20.8. The summed E-state index contributed by atoms with van der Waals surface area (Å²) < 4.78 is 6.33. The monoisotopic (exact) mass is 584 g/mol. The summed E-state index contributed by atoms with van der Waals surface area (Å²) in [4.78, 5) is 5.24. The Morgan fingerprint density at radius 3 is 2.14 bits per heavy atom. The van der Waals surface area contributed by atoms with Crippen LogP contribution in [-0.2, 0) is 7.05 Å². The van der Waals surface area contributed by atoms with Crippen molar-refractivity contribution in [1.29, 1.82) is 0 Å². The molecule has 0 radical (unpaired) electrons. The number of nitrogens with zero attached hydrogens (tertiary/aromatic N) is 3. The molecular formula is C39H42N3S+. The highest BCUT2D eigenvalue weighted by Crippen LogP contribution is 2.44. The van der Waals surface area contributed by atoms with Gasteiger partial charge in [-0.25, -0.2) is 9.55 Å². The Kier molecular flexibility index (Phi) is 7.21. The lowest BCUT2D eigenvalue weighted by molar-refractivity contribution is -0.633. The standard InChI is InChI=1S/C39H42N3S/c1-24(2)30-22-29(27-14-8-7-9-15-27)23-31(25(3)4)36(30)42-34-19-13-12-18-33(34)41(6)39(42)35-26(5)20-21-32-37(35)43-38(40-32)28-16-10-11-17-28/h7-9,12-15,18-25,28H,10-11,16-17H2,1-6H3/q+1. The van der Waals surface area contributed by atoms with Crippen LogP contribution in [0.4, 0.5) is 0 Å². The lowest BCUT2D eigenvalue weighted by atomic mass is 9.88. The molecule has 0 N–H and O–H groups in total. The van der Waals surface area contributed by atoms with Gasteiger partial charge in [0.15, 0.2) is 11.0 Å². The molecule has 2 aromatic heterocycles. The lowest BCUT2D eigenvalue weighted by Gasteiger charge is -2.21. The van der Waals surface area contributed by atoms with Gasteiger partial charge >= 0.3 is 0 Å². The Hall–Kier alpha value is -3.76. The van der Waals surface area contributed by atoms with Crippen LogP contribution in [0.3, 0.4) is 0 Å². The summed E-state index contributed by atoms with van der Waals surface area (Å²) in [5, 5.41) is 1.32. The number of thiazole rings is 1. The van der Waals surface area contributed by atoms with E-state index in [0.717, 1.165) is 5.52 Å². The van der Waals surface area contributed by atoms with E-state index in [9.17, 15) is 0 Å². The summed E-state index contributed by atoms with van der Waals surface area (Å²) in [6.07, 6.45) is 5.19. The summed E-state index contributed by atoms with van der Waals surface area (Å²) in [7, 11) is 2.24. The summed E-state index contributed by atoms with van der Waals surface area (Å²) >= 11 is 1.94. The van der Waals surface area contributed by atoms with Crippen LogP contribution in [0.15, 0.2) is 78.9 Å². The molecule has 7 rings (SSSR count). The Labute approximate surface area is 259 Å². The van der Waals surface area contributed by atoms with Crippen molar-refractivity contribution in [3.8, 4) is 28.2 Å². The quantitative estimate of drug-likeness (QED) is 0.178. The number of fused-ring (bicyclic) bond motifs is 2. The van der Waals surface area contributed by atoms with Crippen LogP contribution in [0.1, 0.15) is 92.8 Å². The first-order valence-electron chi connectivity index (χ1n) is 16.0. The third kappa shape index (κ3) is 4.71. The van der Waals surface area contributed by atoms with Crippen LogP contribution in [-0.4, -0.2) is 9.55 Å². The van der Waals surface area contributed by atoms with Crippen molar-refractivity contribution in [3.63, 3.8) is 0 Å². The average molecular weight is 585 g/mol. The fourth-order valence-electron chi connectivity index (χ4n) is 7.17. The van der Waals surface area contributed by atoms with Crippen LogP contribution in [0.25, 0.3) is 49.5 Å². The predicted octanol–water partition coefficient (Wildman–Crippen LogP) is 10.6. The number of benzene rings is 4. The van der Waals surface area contributed by atoms with E-state index in [1.54, 1.807) is 0 Å². The third-order valence-electron chi connectivity index (χ3n) is 9.47. The van der Waals surface area contributed by atoms with E-state index in [4.69, 9.17) is 4.98 Å². The minimum absolute atomic E-state index is 0.352. The van der Waals surface area contributed by atoms with Crippen LogP contribution >= 0.6 is 11.3 Å². The Bertz CT molecular complexity index is 1920. The van der Waals surface area contributed by atoms with Crippen LogP contribution in [0, 0.1) is 6.92 Å². The predicted molar refractivity (Wildman–Crippen MR) is 183 cm³/mol. The minimum Gasteiger partial charge on any atom is -0.241 e. The van der Waals surface area contributed by atoms with Gasteiger partial charge in [0.05, 0.1) is 27.8 Å². The molecule has 2 heterocycles. The molecule has 0 bridgehead atoms. The zero-order valence-corrected chi connectivity index (χ0v) is 27.1. The zero-order chi connectivity index (χ0) is 29.8. The van der Waals surface area contributed by atoms with Crippen molar-refractivity contribution in [2.24, 2.45) is 7.05 Å². The molecule has 0 amide bonds. The van der Waals surface area contributed by atoms with Gasteiger partial charge in [0.1, 0.15) is 5.69 Å². The Morgan fingerprint density at radius 1 is 0.814 bits per heavy atom. The van der Waals surface area contributed by atoms with Gasteiger partial charge in [-0.1, -0.05) is 89.1 Å². The smallest absolute Gasteiger partial charge is 0.241 e. The normalized spacial score (nSPS) is 14.2. The van der Waals surface area contributed by atoms with E-state index in [1.807, 2.05) is 11.3 Å². The molecule has 0 spiro atoms. The molecule has 0 unspecified atom stereocenters. The van der Waals surface area contributed by atoms with Crippen molar-refractivity contribution >= 4 is 32.6 Å². The maximum Gasteiger partial charge on any atom is 0.296 e. The van der Waals surface area contributed by atoms with E-state index in [-0.39, 0.29) is 0 Å². The first-order valence-corrected chi connectivity index (χ1v) is 16.8. The molecule has 218 valence electrons. The fraction of sp³-hybridized carbons (Fsp3) is 0.333. The molecule has 1 saturated carbocycles. The summed E-state index contributed by atoms with van der Waals surface area (Å²) in [5.74, 6) is 2.55. The highest BCUT2D eigenvalue weighted by atomic mass is 32.1. The van der Waals surface area contributed by atoms with Gasteiger partial charge in [0.2, 0.25) is 0 Å². The van der Waals surface area contributed by atoms with E-state index in [1.165, 1.54) is 91.3 Å². The number of aryl methyl sites for hydroxylation is 2. The average Bonchev–Trinajstić information content (AvgIpc) is 3.76. The van der Waals surface area contributed by atoms with Gasteiger partial charge in [0, 0.05) is 17.0 Å². The molecule has 1 fully saturated rings. The molecule has 0 saturated heterocycles. The fourth-order valence-corrected chi connectivity index (χ4v) is 8.50. The van der Waals surface area contributed by atoms with Crippen molar-refractivity contribution < 1.29 is 4.57 Å². The molecule has 6 aromatic rings. The van der Waals surface area contributed by atoms with Gasteiger partial charge in [-0.15, -0.1) is 11.3 Å². The first kappa shape index (κ1) is 28.0. The van der Waals surface area contributed by atoms with Gasteiger partial charge in [-0.3, -0.25) is 0 Å². The molecule has 0 atom stereocenters. The number of rotatable bonds is 6. The number of imidazole rings is 1. The summed E-state index contributed by atoms with van der Waals surface area (Å²) in [5.41, 5.74) is 12.9. The van der Waals surface area contributed by atoms with Crippen LogP contribution in [0.5, 0.6) is 0 Å². The third-order valence-corrected chi connectivity index (χ3v) is 10.7. The number of para-hydroxylation sites is 2.